The van der Waals surface area contributed by atoms with Crippen LogP contribution < -0.4 is 5.73 Å². The summed E-state index contributed by atoms with van der Waals surface area (Å²) >= 11 is 0. The summed E-state index contributed by atoms with van der Waals surface area (Å²) in [5.74, 6) is 1.66. The van der Waals surface area contributed by atoms with E-state index in [2.05, 4.69) is 0 Å². The number of aliphatic hydroxyl groups excluding tert-OH is 1. The van der Waals surface area contributed by atoms with Crippen molar-refractivity contribution >= 4 is 0 Å². The zero-order valence-corrected chi connectivity index (χ0v) is 7.45. The fourth-order valence-electron chi connectivity index (χ4n) is 0.987. The van der Waals surface area contributed by atoms with E-state index in [-0.39, 0.29) is 12.6 Å². The van der Waals surface area contributed by atoms with Crippen LogP contribution >= 0.6 is 0 Å². The van der Waals surface area contributed by atoms with Crippen LogP contribution in [0.25, 0.3) is 0 Å². The fraction of sp³-hybridized carbons (Fsp3) is 0.556. The number of hydrogen-bond donors (Lipinski definition) is 2. The summed E-state index contributed by atoms with van der Waals surface area (Å²) < 4.78 is 5.28. The molecule has 0 fully saturated rings. The molecule has 1 rings (SSSR count). The van der Waals surface area contributed by atoms with Crippen molar-refractivity contribution in [2.45, 2.75) is 26.5 Å². The Hall–Kier alpha value is -0.800. The summed E-state index contributed by atoms with van der Waals surface area (Å²) in [5, 5.41) is 8.74. The van der Waals surface area contributed by atoms with Gasteiger partial charge in [0, 0.05) is 0 Å². The molecule has 1 heterocycles. The average molecular weight is 169 g/mol. The van der Waals surface area contributed by atoms with Crippen LogP contribution in [-0.4, -0.2) is 5.11 Å². The first kappa shape index (κ1) is 9.29. The third-order valence-electron chi connectivity index (χ3n) is 1.89. The zero-order valence-electron chi connectivity index (χ0n) is 7.45. The van der Waals surface area contributed by atoms with Gasteiger partial charge in [0.05, 0.1) is 6.04 Å². The van der Waals surface area contributed by atoms with Crippen LogP contribution in [0.15, 0.2) is 16.5 Å². The lowest BCUT2D eigenvalue weighted by Gasteiger charge is -2.11. The lowest BCUT2D eigenvalue weighted by molar-refractivity contribution is 0.239. The molecule has 0 spiro atoms. The van der Waals surface area contributed by atoms with Crippen LogP contribution in [0.3, 0.4) is 0 Å². The van der Waals surface area contributed by atoms with Gasteiger partial charge in [-0.05, 0) is 18.1 Å². The average Bonchev–Trinajstić information content (AvgIpc) is 2.50. The second-order valence-corrected chi connectivity index (χ2v) is 3.23. The van der Waals surface area contributed by atoms with E-state index < -0.39 is 0 Å². The number of furan rings is 1. The molecule has 0 saturated carbocycles. The molecule has 0 radical (unpaired) electrons. The van der Waals surface area contributed by atoms with Crippen LogP contribution in [0.5, 0.6) is 0 Å². The first-order valence-corrected chi connectivity index (χ1v) is 4.10. The molecule has 0 bridgehead atoms. The Labute approximate surface area is 72.2 Å². The molecule has 1 atom stereocenters. The summed E-state index contributed by atoms with van der Waals surface area (Å²) in [7, 11) is 0. The summed E-state index contributed by atoms with van der Waals surface area (Å²) in [6, 6.07) is 3.48. The largest absolute Gasteiger partial charge is 0.462 e. The molecule has 3 nitrogen and oxygen atoms in total. The summed E-state index contributed by atoms with van der Waals surface area (Å²) in [5.41, 5.74) is 5.83. The molecule has 0 aromatic carbocycles. The van der Waals surface area contributed by atoms with Crippen molar-refractivity contribution in [3.05, 3.63) is 23.7 Å². The Kier molecular flexibility index (Phi) is 2.89. The Morgan fingerprint density at radius 1 is 1.50 bits per heavy atom. The molecule has 1 aromatic heterocycles. The predicted molar refractivity (Wildman–Crippen MR) is 46.4 cm³/mol. The van der Waals surface area contributed by atoms with Crippen LogP contribution in [-0.2, 0) is 6.61 Å². The first-order chi connectivity index (χ1) is 5.65. The van der Waals surface area contributed by atoms with E-state index in [0.717, 1.165) is 5.76 Å². The molecule has 68 valence electrons. The highest BCUT2D eigenvalue weighted by molar-refractivity contribution is 5.10. The van der Waals surface area contributed by atoms with Gasteiger partial charge in [0.25, 0.3) is 0 Å². The van der Waals surface area contributed by atoms with Gasteiger partial charge in [0.15, 0.2) is 0 Å². The number of aliphatic hydroxyl groups is 1. The predicted octanol–water partition coefficient (Wildman–Crippen LogP) is 1.43. The molecule has 0 aliphatic rings. The maximum atomic E-state index is 8.74. The van der Waals surface area contributed by atoms with E-state index in [1.807, 2.05) is 19.9 Å². The van der Waals surface area contributed by atoms with E-state index in [1.165, 1.54) is 0 Å². The van der Waals surface area contributed by atoms with Crippen LogP contribution in [0, 0.1) is 5.92 Å². The van der Waals surface area contributed by atoms with E-state index in [0.29, 0.717) is 11.7 Å². The van der Waals surface area contributed by atoms with Gasteiger partial charge in [-0.3, -0.25) is 0 Å². The van der Waals surface area contributed by atoms with Gasteiger partial charge in [0.2, 0.25) is 0 Å². The third-order valence-corrected chi connectivity index (χ3v) is 1.89. The highest BCUT2D eigenvalue weighted by Gasteiger charge is 2.13. The molecule has 1 aromatic rings. The smallest absolute Gasteiger partial charge is 0.129 e. The van der Waals surface area contributed by atoms with Crippen molar-refractivity contribution in [3.8, 4) is 0 Å². The SMILES string of the molecule is CC(C)[C@H](N)c1ccc(CO)o1. The molecule has 3 N–H and O–H groups in total. The first-order valence-electron chi connectivity index (χ1n) is 4.10. The number of hydrogen-bond acceptors (Lipinski definition) is 3. The molecule has 0 unspecified atom stereocenters. The van der Waals surface area contributed by atoms with Crippen molar-refractivity contribution in [1.29, 1.82) is 0 Å². The molecule has 0 amide bonds. The molecule has 3 heteroatoms. The van der Waals surface area contributed by atoms with E-state index in [9.17, 15) is 0 Å². The Morgan fingerprint density at radius 3 is 2.58 bits per heavy atom. The van der Waals surface area contributed by atoms with Crippen LogP contribution in [0.1, 0.15) is 31.4 Å². The minimum atomic E-state index is -0.0784. The van der Waals surface area contributed by atoms with Gasteiger partial charge in [-0.15, -0.1) is 0 Å². The third kappa shape index (κ3) is 1.87. The van der Waals surface area contributed by atoms with Crippen LogP contribution in [0.4, 0.5) is 0 Å². The minimum absolute atomic E-state index is 0.0647. The zero-order chi connectivity index (χ0) is 9.14. The van der Waals surface area contributed by atoms with Crippen molar-refractivity contribution in [2.24, 2.45) is 11.7 Å². The second-order valence-electron chi connectivity index (χ2n) is 3.23. The normalized spacial score (nSPS) is 13.8. The van der Waals surface area contributed by atoms with Crippen LogP contribution in [0.2, 0.25) is 0 Å². The molecule has 0 aliphatic carbocycles. The highest BCUT2D eigenvalue weighted by atomic mass is 16.4. The number of nitrogens with two attached hydrogens (primary N) is 1. The van der Waals surface area contributed by atoms with E-state index >= 15 is 0 Å². The van der Waals surface area contributed by atoms with Crippen molar-refractivity contribution in [1.82, 2.24) is 0 Å². The Morgan fingerprint density at radius 2 is 2.17 bits per heavy atom. The molecular formula is C9H15NO2. The quantitative estimate of drug-likeness (QED) is 0.719. The van der Waals surface area contributed by atoms with Gasteiger partial charge in [0.1, 0.15) is 18.1 Å². The van der Waals surface area contributed by atoms with E-state index in [1.54, 1.807) is 6.07 Å². The Balaban J connectivity index is 2.74. The summed E-state index contributed by atoms with van der Waals surface area (Å²) in [4.78, 5) is 0. The lowest BCUT2D eigenvalue weighted by Crippen LogP contribution is -2.15. The van der Waals surface area contributed by atoms with Gasteiger partial charge in [-0.25, -0.2) is 0 Å². The molecule has 0 aliphatic heterocycles. The van der Waals surface area contributed by atoms with Crippen molar-refractivity contribution in [2.75, 3.05) is 0 Å². The standard InChI is InChI=1S/C9H15NO2/c1-6(2)9(10)8-4-3-7(5-11)12-8/h3-4,6,9,11H,5,10H2,1-2H3/t9-/m0/s1. The molecule has 12 heavy (non-hydrogen) atoms. The van der Waals surface area contributed by atoms with Crippen molar-refractivity contribution < 1.29 is 9.52 Å². The topological polar surface area (TPSA) is 59.4 Å². The van der Waals surface area contributed by atoms with Gasteiger partial charge < -0.3 is 15.3 Å². The summed E-state index contributed by atoms with van der Waals surface area (Å²) in [6.07, 6.45) is 0. The maximum Gasteiger partial charge on any atom is 0.129 e. The minimum Gasteiger partial charge on any atom is -0.462 e. The highest BCUT2D eigenvalue weighted by Crippen LogP contribution is 2.20. The summed E-state index contributed by atoms with van der Waals surface area (Å²) in [6.45, 7) is 4.00. The second kappa shape index (κ2) is 3.74. The molecular weight excluding hydrogens is 154 g/mol. The lowest BCUT2D eigenvalue weighted by atomic mass is 10.0. The number of rotatable bonds is 3. The fourth-order valence-corrected chi connectivity index (χ4v) is 0.987. The van der Waals surface area contributed by atoms with Crippen molar-refractivity contribution in [3.63, 3.8) is 0 Å². The Bertz CT molecular complexity index is 242. The van der Waals surface area contributed by atoms with E-state index in [4.69, 9.17) is 15.3 Å². The van der Waals surface area contributed by atoms with Gasteiger partial charge >= 0.3 is 0 Å². The van der Waals surface area contributed by atoms with Gasteiger partial charge in [-0.1, -0.05) is 13.8 Å². The van der Waals surface area contributed by atoms with Gasteiger partial charge in [-0.2, -0.15) is 0 Å². The molecule has 0 saturated heterocycles. The maximum absolute atomic E-state index is 8.74. The monoisotopic (exact) mass is 169 g/mol.